The first kappa shape index (κ1) is 26.0. The van der Waals surface area contributed by atoms with Crippen molar-refractivity contribution in [2.45, 2.75) is 59.4 Å². The van der Waals surface area contributed by atoms with Crippen LogP contribution < -0.4 is 10.2 Å². The maximum absolute atomic E-state index is 13.5. The molecule has 3 aromatic rings. The summed E-state index contributed by atoms with van der Waals surface area (Å²) in [5, 5.41) is 12.8. The molecule has 0 atom stereocenters. The monoisotopic (exact) mass is 525 g/mol. The minimum absolute atomic E-state index is 0.0140. The molecule has 2 heterocycles. The number of aryl methyl sites for hydroxylation is 1. The SMILES string of the molecule is Cc1ncsc1C(=O)Nc1ccc(-c2cc(N(C(=O)[C@H]3CC[C@H](C)CC3)C(C)C)c(C(=O)O)s2)cc1. The van der Waals surface area contributed by atoms with Crippen molar-refractivity contribution in [3.8, 4) is 10.4 Å². The molecule has 7 nitrogen and oxygen atoms in total. The van der Waals surface area contributed by atoms with Gasteiger partial charge in [-0.15, -0.1) is 22.7 Å². The molecule has 0 bridgehead atoms. The Kier molecular flexibility index (Phi) is 7.90. The summed E-state index contributed by atoms with van der Waals surface area (Å²) >= 11 is 2.46. The molecule has 2 aromatic heterocycles. The summed E-state index contributed by atoms with van der Waals surface area (Å²) in [6.07, 6.45) is 3.73. The molecular formula is C27H31N3O4S2. The molecule has 2 amide bonds. The Morgan fingerprint density at radius 2 is 1.75 bits per heavy atom. The van der Waals surface area contributed by atoms with E-state index in [0.29, 0.717) is 27.9 Å². The molecule has 1 aromatic carbocycles. The number of anilines is 2. The average Bonchev–Trinajstić information content (AvgIpc) is 3.47. The predicted molar refractivity (Wildman–Crippen MR) is 145 cm³/mol. The number of thiazole rings is 1. The molecule has 0 spiro atoms. The summed E-state index contributed by atoms with van der Waals surface area (Å²) in [7, 11) is 0. The summed E-state index contributed by atoms with van der Waals surface area (Å²) in [6.45, 7) is 7.86. The van der Waals surface area contributed by atoms with E-state index in [2.05, 4.69) is 17.2 Å². The first-order valence-electron chi connectivity index (χ1n) is 12.2. The number of carbonyl (C=O) groups is 3. The van der Waals surface area contributed by atoms with E-state index in [1.54, 1.807) is 29.5 Å². The molecule has 0 saturated heterocycles. The summed E-state index contributed by atoms with van der Waals surface area (Å²) in [6, 6.07) is 8.92. The normalized spacial score (nSPS) is 17.7. The Hall–Kier alpha value is -3.04. The van der Waals surface area contributed by atoms with E-state index in [1.807, 2.05) is 32.0 Å². The number of amides is 2. The second kappa shape index (κ2) is 10.9. The van der Waals surface area contributed by atoms with Crippen molar-refractivity contribution in [1.29, 1.82) is 0 Å². The van der Waals surface area contributed by atoms with Gasteiger partial charge in [0, 0.05) is 22.5 Å². The van der Waals surface area contributed by atoms with Crippen LogP contribution in [0.1, 0.15) is 71.5 Å². The third kappa shape index (κ3) is 5.52. The fraction of sp³-hybridized carbons (Fsp3) is 0.407. The lowest BCUT2D eigenvalue weighted by molar-refractivity contribution is -0.123. The van der Waals surface area contributed by atoms with Crippen LogP contribution in [0.4, 0.5) is 11.4 Å². The molecule has 2 N–H and O–H groups in total. The van der Waals surface area contributed by atoms with Gasteiger partial charge in [0.05, 0.1) is 16.9 Å². The third-order valence-electron chi connectivity index (χ3n) is 6.66. The van der Waals surface area contributed by atoms with Gasteiger partial charge >= 0.3 is 5.97 Å². The standard InChI is InChI=1S/C27H31N3O4S2/c1-15(2)30(26(32)19-7-5-16(3)6-8-19)21-13-22(36-24(21)27(33)34)18-9-11-20(12-10-18)29-25(31)23-17(4)28-14-35-23/h9-16,19H,5-8H2,1-4H3,(H,29,31)(H,33,34)/t16-,19-. The molecule has 9 heteroatoms. The Balaban J connectivity index is 1.59. The van der Waals surface area contributed by atoms with Crippen molar-refractivity contribution in [3.63, 3.8) is 0 Å². The van der Waals surface area contributed by atoms with Crippen LogP contribution >= 0.6 is 22.7 Å². The van der Waals surface area contributed by atoms with Crippen LogP contribution in [0.3, 0.4) is 0 Å². The first-order valence-corrected chi connectivity index (χ1v) is 13.9. The van der Waals surface area contributed by atoms with Crippen molar-refractivity contribution in [2.24, 2.45) is 11.8 Å². The Morgan fingerprint density at radius 3 is 2.31 bits per heavy atom. The minimum atomic E-state index is -1.04. The third-order valence-corrected chi connectivity index (χ3v) is 8.75. The lowest BCUT2D eigenvalue weighted by Crippen LogP contribution is -2.42. The Morgan fingerprint density at radius 1 is 1.08 bits per heavy atom. The van der Waals surface area contributed by atoms with Gasteiger partial charge in [-0.05, 0) is 76.1 Å². The second-order valence-electron chi connectivity index (χ2n) is 9.69. The van der Waals surface area contributed by atoms with Crippen LogP contribution in [0.15, 0.2) is 35.8 Å². The van der Waals surface area contributed by atoms with Crippen LogP contribution in [-0.2, 0) is 4.79 Å². The number of benzene rings is 1. The van der Waals surface area contributed by atoms with Crippen LogP contribution in [0.25, 0.3) is 10.4 Å². The lowest BCUT2D eigenvalue weighted by Gasteiger charge is -2.33. The van der Waals surface area contributed by atoms with Crippen LogP contribution in [-0.4, -0.2) is 33.9 Å². The van der Waals surface area contributed by atoms with Crippen LogP contribution in [0.2, 0.25) is 0 Å². The maximum Gasteiger partial charge on any atom is 0.348 e. The fourth-order valence-corrected chi connectivity index (χ4v) is 6.33. The highest BCUT2D eigenvalue weighted by Crippen LogP contribution is 2.40. The summed E-state index contributed by atoms with van der Waals surface area (Å²) < 4.78 is 0. The van der Waals surface area contributed by atoms with Gasteiger partial charge in [-0.25, -0.2) is 9.78 Å². The molecule has 0 aliphatic heterocycles. The zero-order valence-electron chi connectivity index (χ0n) is 20.9. The molecule has 1 aliphatic carbocycles. The Bertz CT molecular complexity index is 1250. The van der Waals surface area contributed by atoms with E-state index in [1.165, 1.54) is 11.3 Å². The molecular weight excluding hydrogens is 494 g/mol. The van der Waals surface area contributed by atoms with E-state index < -0.39 is 5.97 Å². The fourth-order valence-electron chi connectivity index (χ4n) is 4.64. The molecule has 36 heavy (non-hydrogen) atoms. The van der Waals surface area contributed by atoms with Crippen molar-refractivity contribution in [3.05, 3.63) is 51.3 Å². The number of rotatable bonds is 7. The molecule has 0 radical (unpaired) electrons. The van der Waals surface area contributed by atoms with Gasteiger partial charge in [0.15, 0.2) is 0 Å². The van der Waals surface area contributed by atoms with E-state index >= 15 is 0 Å². The topological polar surface area (TPSA) is 99.6 Å². The zero-order valence-corrected chi connectivity index (χ0v) is 22.5. The number of aromatic carboxylic acids is 1. The van der Waals surface area contributed by atoms with E-state index in [4.69, 9.17) is 0 Å². The van der Waals surface area contributed by atoms with Gasteiger partial charge in [0.1, 0.15) is 9.75 Å². The first-order chi connectivity index (χ1) is 17.2. The smallest absolute Gasteiger partial charge is 0.348 e. The van der Waals surface area contributed by atoms with E-state index in [-0.39, 0.29) is 28.7 Å². The van der Waals surface area contributed by atoms with E-state index in [9.17, 15) is 19.5 Å². The van der Waals surface area contributed by atoms with Crippen molar-refractivity contribution in [2.75, 3.05) is 10.2 Å². The van der Waals surface area contributed by atoms with Crippen molar-refractivity contribution >= 4 is 51.8 Å². The Labute approximate surface area is 219 Å². The van der Waals surface area contributed by atoms with Crippen molar-refractivity contribution in [1.82, 2.24) is 4.98 Å². The molecule has 0 unspecified atom stereocenters. The van der Waals surface area contributed by atoms with Gasteiger partial charge < -0.3 is 15.3 Å². The number of carboxylic acids is 1. The summed E-state index contributed by atoms with van der Waals surface area (Å²) in [5.41, 5.74) is 4.25. The summed E-state index contributed by atoms with van der Waals surface area (Å²) in [4.78, 5) is 45.5. The highest BCUT2D eigenvalue weighted by Gasteiger charge is 2.33. The lowest BCUT2D eigenvalue weighted by atomic mass is 9.82. The number of nitrogens with zero attached hydrogens (tertiary/aromatic N) is 2. The average molecular weight is 526 g/mol. The largest absolute Gasteiger partial charge is 0.477 e. The van der Waals surface area contributed by atoms with Gasteiger partial charge in [0.2, 0.25) is 5.91 Å². The number of hydrogen-bond donors (Lipinski definition) is 2. The highest BCUT2D eigenvalue weighted by molar-refractivity contribution is 7.18. The number of carboxylic acid groups (broad SMARTS) is 1. The number of carbonyl (C=O) groups excluding carboxylic acids is 2. The number of thiophene rings is 1. The molecule has 1 saturated carbocycles. The number of nitrogens with one attached hydrogen (secondary N) is 1. The van der Waals surface area contributed by atoms with Crippen LogP contribution in [0.5, 0.6) is 0 Å². The quantitative estimate of drug-likeness (QED) is 0.358. The predicted octanol–water partition coefficient (Wildman–Crippen LogP) is 6.70. The molecule has 190 valence electrons. The minimum Gasteiger partial charge on any atom is -0.477 e. The van der Waals surface area contributed by atoms with Gasteiger partial charge in [-0.3, -0.25) is 9.59 Å². The summed E-state index contributed by atoms with van der Waals surface area (Å²) in [5.74, 6) is -0.681. The zero-order chi connectivity index (χ0) is 26.0. The second-order valence-corrected chi connectivity index (χ2v) is 11.6. The van der Waals surface area contributed by atoms with E-state index in [0.717, 1.165) is 47.5 Å². The van der Waals surface area contributed by atoms with Gasteiger partial charge in [-0.1, -0.05) is 19.1 Å². The molecule has 1 fully saturated rings. The maximum atomic E-state index is 13.5. The van der Waals surface area contributed by atoms with Gasteiger partial charge in [0.25, 0.3) is 5.91 Å². The van der Waals surface area contributed by atoms with Crippen LogP contribution in [0, 0.1) is 18.8 Å². The van der Waals surface area contributed by atoms with Crippen molar-refractivity contribution < 1.29 is 19.5 Å². The molecule has 4 rings (SSSR count). The number of hydrogen-bond acceptors (Lipinski definition) is 6. The number of aromatic nitrogens is 1. The molecule has 1 aliphatic rings. The highest BCUT2D eigenvalue weighted by atomic mass is 32.1. The van der Waals surface area contributed by atoms with Gasteiger partial charge in [-0.2, -0.15) is 0 Å².